The quantitative estimate of drug-likeness (QED) is 0.128. The number of halogens is 1. The van der Waals surface area contributed by atoms with Crippen molar-refractivity contribution in [2.75, 3.05) is 32.7 Å². The van der Waals surface area contributed by atoms with Gasteiger partial charge in [-0.2, -0.15) is 0 Å². The first kappa shape index (κ1) is 28.3. The van der Waals surface area contributed by atoms with Crippen LogP contribution in [0.25, 0.3) is 0 Å². The van der Waals surface area contributed by atoms with Crippen LogP contribution in [0.15, 0.2) is 84.0 Å². The molecular weight excluding hydrogens is 532 g/mol. The number of rotatable bonds is 12. The van der Waals surface area contributed by atoms with Crippen LogP contribution in [0.4, 0.5) is 5.82 Å². The smallest absolute Gasteiger partial charge is 0.251 e. The molecule has 3 aromatic carbocycles. The molecule has 0 aliphatic heterocycles. The Hall–Kier alpha value is -3.75. The maximum atomic E-state index is 12.8. The average Bonchev–Trinajstić information content (AvgIpc) is 2.96. The molecule has 9 heteroatoms. The molecule has 202 valence electrons. The summed E-state index contributed by atoms with van der Waals surface area (Å²) in [5.74, 6) is 2.59. The summed E-state index contributed by atoms with van der Waals surface area (Å²) in [4.78, 5) is 23.9. The zero-order valence-electron chi connectivity index (χ0n) is 22.2. The number of hydrogen-bond donors (Lipinski definition) is 1. The summed E-state index contributed by atoms with van der Waals surface area (Å²) < 4.78 is 10.6. The fourth-order valence-corrected chi connectivity index (χ4v) is 5.02. The van der Waals surface area contributed by atoms with Gasteiger partial charge >= 0.3 is 0 Å². The average molecular weight is 563 g/mol. The maximum Gasteiger partial charge on any atom is 0.251 e. The number of amides is 1. The monoisotopic (exact) mass is 562 g/mol. The summed E-state index contributed by atoms with van der Waals surface area (Å²) in [6.45, 7) is 1.21. The van der Waals surface area contributed by atoms with E-state index in [-0.39, 0.29) is 5.91 Å². The van der Waals surface area contributed by atoms with E-state index in [0.717, 1.165) is 16.9 Å². The van der Waals surface area contributed by atoms with Crippen molar-refractivity contribution in [1.29, 1.82) is 0 Å². The zero-order chi connectivity index (χ0) is 27.6. The Morgan fingerprint density at radius 2 is 1.67 bits per heavy atom. The normalized spacial score (nSPS) is 10.7. The summed E-state index contributed by atoms with van der Waals surface area (Å²) in [7, 11) is 5.19. The number of benzene rings is 3. The molecule has 39 heavy (non-hydrogen) atoms. The number of hydrogen-bond acceptors (Lipinski definition) is 7. The SMILES string of the molecule is COc1ccc(CCNC(=O)c2cccc(CSc3nc(Cl)cc(N(C)Cc4ccccc4)n3)c2)cc1OC. The number of aromatic nitrogens is 2. The van der Waals surface area contributed by atoms with Gasteiger partial charge in [0.1, 0.15) is 11.0 Å². The Morgan fingerprint density at radius 1 is 0.897 bits per heavy atom. The molecule has 0 aliphatic rings. The summed E-state index contributed by atoms with van der Waals surface area (Å²) >= 11 is 7.79. The van der Waals surface area contributed by atoms with Gasteiger partial charge < -0.3 is 19.7 Å². The van der Waals surface area contributed by atoms with Crippen LogP contribution >= 0.6 is 23.4 Å². The Bertz CT molecular complexity index is 1400. The van der Waals surface area contributed by atoms with Gasteiger partial charge in [-0.05, 0) is 47.4 Å². The second kappa shape index (κ2) is 13.9. The van der Waals surface area contributed by atoms with Gasteiger partial charge in [0.15, 0.2) is 16.7 Å². The number of nitrogens with zero attached hydrogens (tertiary/aromatic N) is 3. The van der Waals surface area contributed by atoms with E-state index < -0.39 is 0 Å². The van der Waals surface area contributed by atoms with Crippen LogP contribution in [0.1, 0.15) is 27.0 Å². The molecule has 1 heterocycles. The van der Waals surface area contributed by atoms with Gasteiger partial charge in [-0.1, -0.05) is 71.9 Å². The largest absolute Gasteiger partial charge is 0.493 e. The van der Waals surface area contributed by atoms with Crippen molar-refractivity contribution in [2.24, 2.45) is 0 Å². The van der Waals surface area contributed by atoms with Crippen molar-refractivity contribution < 1.29 is 14.3 Å². The van der Waals surface area contributed by atoms with Crippen molar-refractivity contribution in [2.45, 2.75) is 23.9 Å². The minimum absolute atomic E-state index is 0.119. The van der Waals surface area contributed by atoms with E-state index in [1.807, 2.05) is 72.6 Å². The minimum Gasteiger partial charge on any atom is -0.493 e. The molecule has 0 saturated carbocycles. The van der Waals surface area contributed by atoms with Crippen molar-refractivity contribution >= 4 is 35.1 Å². The molecular formula is C30H31ClN4O3S. The first-order valence-electron chi connectivity index (χ1n) is 12.5. The molecule has 4 rings (SSSR count). The Balaban J connectivity index is 1.33. The molecule has 0 aliphatic carbocycles. The van der Waals surface area contributed by atoms with Crippen LogP contribution < -0.4 is 19.7 Å². The van der Waals surface area contributed by atoms with Gasteiger partial charge in [0.05, 0.1) is 14.2 Å². The zero-order valence-corrected chi connectivity index (χ0v) is 23.8. The Morgan fingerprint density at radius 3 is 2.44 bits per heavy atom. The molecule has 1 amide bonds. The van der Waals surface area contributed by atoms with Gasteiger partial charge in [-0.3, -0.25) is 4.79 Å². The van der Waals surface area contributed by atoms with E-state index >= 15 is 0 Å². The van der Waals surface area contributed by atoms with Crippen LogP contribution in [-0.4, -0.2) is 43.7 Å². The van der Waals surface area contributed by atoms with E-state index in [0.29, 0.717) is 52.6 Å². The molecule has 0 radical (unpaired) electrons. The topological polar surface area (TPSA) is 76.6 Å². The Labute approximate surface area is 238 Å². The lowest BCUT2D eigenvalue weighted by atomic mass is 10.1. The summed E-state index contributed by atoms with van der Waals surface area (Å²) in [6, 6.07) is 25.3. The molecule has 1 aromatic heterocycles. The summed E-state index contributed by atoms with van der Waals surface area (Å²) in [5, 5.41) is 3.98. The fraction of sp³-hybridized carbons (Fsp3) is 0.233. The summed E-state index contributed by atoms with van der Waals surface area (Å²) in [6.07, 6.45) is 0.675. The van der Waals surface area contributed by atoms with E-state index in [9.17, 15) is 4.79 Å². The third kappa shape index (κ3) is 8.12. The molecule has 4 aromatic rings. The second-order valence-electron chi connectivity index (χ2n) is 8.86. The number of methoxy groups -OCH3 is 2. The highest BCUT2D eigenvalue weighted by Gasteiger charge is 2.11. The van der Waals surface area contributed by atoms with E-state index in [1.165, 1.54) is 17.3 Å². The number of anilines is 1. The van der Waals surface area contributed by atoms with Crippen LogP contribution in [0, 0.1) is 0 Å². The van der Waals surface area contributed by atoms with E-state index in [2.05, 4.69) is 22.4 Å². The van der Waals surface area contributed by atoms with Crippen LogP contribution in [-0.2, 0) is 18.7 Å². The second-order valence-corrected chi connectivity index (χ2v) is 10.2. The first-order chi connectivity index (χ1) is 18.9. The lowest BCUT2D eigenvalue weighted by Gasteiger charge is -2.19. The van der Waals surface area contributed by atoms with Crippen molar-refractivity contribution in [3.63, 3.8) is 0 Å². The number of ether oxygens (including phenoxy) is 2. The number of carbonyl (C=O) groups excluding carboxylic acids is 1. The summed E-state index contributed by atoms with van der Waals surface area (Å²) in [5.41, 5.74) is 3.84. The first-order valence-corrected chi connectivity index (χ1v) is 13.8. The molecule has 1 N–H and O–H groups in total. The highest BCUT2D eigenvalue weighted by molar-refractivity contribution is 7.98. The third-order valence-electron chi connectivity index (χ3n) is 6.02. The highest BCUT2D eigenvalue weighted by Crippen LogP contribution is 2.28. The maximum absolute atomic E-state index is 12.8. The van der Waals surface area contributed by atoms with E-state index in [4.69, 9.17) is 26.1 Å². The molecule has 0 spiro atoms. The molecule has 0 saturated heterocycles. The van der Waals surface area contributed by atoms with Crippen molar-refractivity contribution in [3.05, 3.63) is 106 Å². The predicted octanol–water partition coefficient (Wildman–Crippen LogP) is 6.05. The molecule has 0 fully saturated rings. The van der Waals surface area contributed by atoms with Gasteiger partial charge in [-0.25, -0.2) is 9.97 Å². The lowest BCUT2D eigenvalue weighted by Crippen LogP contribution is -2.25. The van der Waals surface area contributed by atoms with Crippen molar-refractivity contribution in [1.82, 2.24) is 15.3 Å². The minimum atomic E-state index is -0.119. The van der Waals surface area contributed by atoms with Crippen LogP contribution in [0.5, 0.6) is 11.5 Å². The molecule has 0 atom stereocenters. The number of nitrogens with one attached hydrogen (secondary N) is 1. The fourth-order valence-electron chi connectivity index (χ4n) is 3.99. The molecule has 0 unspecified atom stereocenters. The van der Waals surface area contributed by atoms with Gasteiger partial charge in [0.2, 0.25) is 0 Å². The van der Waals surface area contributed by atoms with Crippen molar-refractivity contribution in [3.8, 4) is 11.5 Å². The van der Waals surface area contributed by atoms with Gasteiger partial charge in [0, 0.05) is 37.5 Å². The third-order valence-corrected chi connectivity index (χ3v) is 7.13. The number of thioether (sulfide) groups is 1. The predicted molar refractivity (Wildman–Crippen MR) is 157 cm³/mol. The van der Waals surface area contributed by atoms with Crippen LogP contribution in [0.3, 0.4) is 0 Å². The highest BCUT2D eigenvalue weighted by atomic mass is 35.5. The van der Waals surface area contributed by atoms with E-state index in [1.54, 1.807) is 20.3 Å². The molecule has 0 bridgehead atoms. The van der Waals surface area contributed by atoms with Crippen LogP contribution in [0.2, 0.25) is 5.15 Å². The Kier molecular flexibility index (Phi) is 10.1. The lowest BCUT2D eigenvalue weighted by molar-refractivity contribution is 0.0954. The molecule has 7 nitrogen and oxygen atoms in total. The standard InChI is InChI=1S/C30H31ClN4O3S/c1-35(19-22-8-5-4-6-9-22)28-18-27(31)33-30(34-28)39-20-23-10-7-11-24(16-23)29(36)32-15-14-21-12-13-25(37-2)26(17-21)38-3/h4-13,16-18H,14-15,19-20H2,1-3H3,(H,32,36). The number of carbonyl (C=O) groups is 1. The van der Waals surface area contributed by atoms with Gasteiger partial charge in [0.25, 0.3) is 5.91 Å². The van der Waals surface area contributed by atoms with Gasteiger partial charge in [-0.15, -0.1) is 0 Å².